The summed E-state index contributed by atoms with van der Waals surface area (Å²) in [5.74, 6) is -0.866. The molecule has 0 aromatic rings. The van der Waals surface area contributed by atoms with Gasteiger partial charge in [-0.05, 0) is 19.9 Å². The SMILES string of the molecule is CC.CN(C/C=C/C(=O)O)C1CC1. The van der Waals surface area contributed by atoms with Crippen molar-refractivity contribution in [2.45, 2.75) is 32.7 Å². The van der Waals surface area contributed by atoms with Crippen LogP contribution in [0.3, 0.4) is 0 Å². The highest BCUT2D eigenvalue weighted by Crippen LogP contribution is 2.24. The summed E-state index contributed by atoms with van der Waals surface area (Å²) in [6, 6.07) is 0.702. The maximum Gasteiger partial charge on any atom is 0.328 e. The summed E-state index contributed by atoms with van der Waals surface area (Å²) >= 11 is 0. The lowest BCUT2D eigenvalue weighted by molar-refractivity contribution is -0.131. The van der Waals surface area contributed by atoms with Gasteiger partial charge in [0.2, 0.25) is 0 Å². The van der Waals surface area contributed by atoms with Gasteiger partial charge in [0.1, 0.15) is 0 Å². The van der Waals surface area contributed by atoms with Crippen LogP contribution < -0.4 is 0 Å². The van der Waals surface area contributed by atoms with E-state index in [2.05, 4.69) is 4.90 Å². The molecule has 1 fully saturated rings. The molecular weight excluding hydrogens is 166 g/mol. The van der Waals surface area contributed by atoms with Gasteiger partial charge in [-0.3, -0.25) is 4.90 Å². The van der Waals surface area contributed by atoms with Gasteiger partial charge in [0.25, 0.3) is 0 Å². The van der Waals surface area contributed by atoms with Crippen molar-refractivity contribution < 1.29 is 9.90 Å². The fraction of sp³-hybridized carbons (Fsp3) is 0.700. The Labute approximate surface area is 80.0 Å². The minimum Gasteiger partial charge on any atom is -0.478 e. The zero-order chi connectivity index (χ0) is 10.3. The molecule has 0 radical (unpaired) electrons. The van der Waals surface area contributed by atoms with Crippen LogP contribution in [0.15, 0.2) is 12.2 Å². The van der Waals surface area contributed by atoms with Gasteiger partial charge in [-0.1, -0.05) is 19.9 Å². The molecule has 13 heavy (non-hydrogen) atoms. The van der Waals surface area contributed by atoms with Crippen molar-refractivity contribution in [1.82, 2.24) is 4.90 Å². The van der Waals surface area contributed by atoms with E-state index in [9.17, 15) is 4.79 Å². The molecule has 0 spiro atoms. The van der Waals surface area contributed by atoms with Crippen molar-refractivity contribution in [3.63, 3.8) is 0 Å². The van der Waals surface area contributed by atoms with Crippen LogP contribution in [0.1, 0.15) is 26.7 Å². The Kier molecular flexibility index (Phi) is 6.24. The van der Waals surface area contributed by atoms with E-state index in [1.165, 1.54) is 18.9 Å². The Morgan fingerprint density at radius 1 is 1.54 bits per heavy atom. The number of carboxylic acid groups (broad SMARTS) is 1. The van der Waals surface area contributed by atoms with Crippen molar-refractivity contribution >= 4 is 5.97 Å². The molecule has 76 valence electrons. The molecule has 0 saturated heterocycles. The summed E-state index contributed by atoms with van der Waals surface area (Å²) in [6.45, 7) is 4.75. The number of hydrogen-bond acceptors (Lipinski definition) is 2. The molecule has 1 aliphatic rings. The number of hydrogen-bond donors (Lipinski definition) is 1. The van der Waals surface area contributed by atoms with Gasteiger partial charge in [0.05, 0.1) is 0 Å². The predicted octanol–water partition coefficient (Wildman–Crippen LogP) is 1.75. The number of likely N-dealkylation sites (N-methyl/N-ethyl adjacent to an activating group) is 1. The molecule has 0 aromatic carbocycles. The molecule has 1 rings (SSSR count). The summed E-state index contributed by atoms with van der Waals surface area (Å²) in [5, 5.41) is 8.28. The molecular formula is C10H19NO2. The van der Waals surface area contributed by atoms with E-state index in [-0.39, 0.29) is 0 Å². The Balaban J connectivity index is 0.000000671. The van der Waals surface area contributed by atoms with Gasteiger partial charge in [0, 0.05) is 18.7 Å². The Hall–Kier alpha value is -0.830. The number of nitrogens with zero attached hydrogens (tertiary/aromatic N) is 1. The topological polar surface area (TPSA) is 40.5 Å². The number of aliphatic carboxylic acids is 1. The lowest BCUT2D eigenvalue weighted by atomic mass is 10.4. The van der Waals surface area contributed by atoms with Crippen LogP contribution in [0.4, 0.5) is 0 Å². The third-order valence-corrected chi connectivity index (χ3v) is 1.82. The van der Waals surface area contributed by atoms with Crippen LogP contribution in [-0.2, 0) is 4.79 Å². The Morgan fingerprint density at radius 3 is 2.46 bits per heavy atom. The van der Waals surface area contributed by atoms with E-state index in [4.69, 9.17) is 5.11 Å². The number of carboxylic acids is 1. The van der Waals surface area contributed by atoms with Crippen molar-refractivity contribution in [3.05, 3.63) is 12.2 Å². The van der Waals surface area contributed by atoms with E-state index >= 15 is 0 Å². The first-order chi connectivity index (χ1) is 6.20. The second-order valence-electron chi connectivity index (χ2n) is 2.91. The average molecular weight is 185 g/mol. The minimum atomic E-state index is -0.866. The number of rotatable bonds is 4. The molecule has 0 unspecified atom stereocenters. The summed E-state index contributed by atoms with van der Waals surface area (Å²) < 4.78 is 0. The second-order valence-corrected chi connectivity index (χ2v) is 2.91. The summed E-state index contributed by atoms with van der Waals surface area (Å²) in [5.41, 5.74) is 0. The molecule has 3 heteroatoms. The van der Waals surface area contributed by atoms with E-state index in [1.807, 2.05) is 20.9 Å². The molecule has 0 atom stereocenters. The average Bonchev–Trinajstić information content (AvgIpc) is 2.89. The lowest BCUT2D eigenvalue weighted by Crippen LogP contribution is -2.20. The highest BCUT2D eigenvalue weighted by atomic mass is 16.4. The summed E-state index contributed by atoms with van der Waals surface area (Å²) in [4.78, 5) is 12.2. The van der Waals surface area contributed by atoms with E-state index in [0.29, 0.717) is 6.04 Å². The van der Waals surface area contributed by atoms with Crippen LogP contribution in [0.25, 0.3) is 0 Å². The van der Waals surface area contributed by atoms with E-state index in [0.717, 1.165) is 6.54 Å². The van der Waals surface area contributed by atoms with Crippen LogP contribution in [0, 0.1) is 0 Å². The fourth-order valence-corrected chi connectivity index (χ4v) is 0.984. The molecule has 0 bridgehead atoms. The van der Waals surface area contributed by atoms with Gasteiger partial charge in [0.15, 0.2) is 0 Å². The highest BCUT2D eigenvalue weighted by Gasteiger charge is 2.24. The van der Waals surface area contributed by atoms with Gasteiger partial charge < -0.3 is 5.11 Å². The second kappa shape index (κ2) is 6.66. The third kappa shape index (κ3) is 6.34. The summed E-state index contributed by atoms with van der Waals surface area (Å²) in [7, 11) is 2.02. The molecule has 0 aliphatic heterocycles. The molecule has 1 saturated carbocycles. The Bertz CT molecular complexity index is 174. The molecule has 3 nitrogen and oxygen atoms in total. The van der Waals surface area contributed by atoms with E-state index < -0.39 is 5.97 Å². The van der Waals surface area contributed by atoms with Crippen molar-refractivity contribution in [3.8, 4) is 0 Å². The monoisotopic (exact) mass is 185 g/mol. The van der Waals surface area contributed by atoms with Crippen LogP contribution in [0.2, 0.25) is 0 Å². The molecule has 0 aromatic heterocycles. The lowest BCUT2D eigenvalue weighted by Gasteiger charge is -2.11. The fourth-order valence-electron chi connectivity index (χ4n) is 0.984. The normalized spacial score (nSPS) is 15.7. The molecule has 1 aliphatic carbocycles. The Morgan fingerprint density at radius 2 is 2.08 bits per heavy atom. The largest absolute Gasteiger partial charge is 0.478 e. The zero-order valence-electron chi connectivity index (χ0n) is 8.66. The predicted molar refractivity (Wildman–Crippen MR) is 53.8 cm³/mol. The molecule has 0 heterocycles. The first kappa shape index (κ1) is 12.2. The van der Waals surface area contributed by atoms with E-state index in [1.54, 1.807) is 6.08 Å². The smallest absolute Gasteiger partial charge is 0.328 e. The number of carbonyl (C=O) groups is 1. The van der Waals surface area contributed by atoms with Crippen molar-refractivity contribution in [2.75, 3.05) is 13.6 Å². The van der Waals surface area contributed by atoms with Gasteiger partial charge in [-0.25, -0.2) is 4.79 Å². The quantitative estimate of drug-likeness (QED) is 0.678. The first-order valence-corrected chi connectivity index (χ1v) is 4.80. The van der Waals surface area contributed by atoms with Gasteiger partial charge in [-0.2, -0.15) is 0 Å². The zero-order valence-corrected chi connectivity index (χ0v) is 8.66. The molecule has 1 N–H and O–H groups in total. The van der Waals surface area contributed by atoms with Crippen LogP contribution in [-0.4, -0.2) is 35.6 Å². The van der Waals surface area contributed by atoms with Gasteiger partial charge in [-0.15, -0.1) is 0 Å². The van der Waals surface area contributed by atoms with Crippen molar-refractivity contribution in [1.29, 1.82) is 0 Å². The minimum absolute atomic E-state index is 0.702. The summed E-state index contributed by atoms with van der Waals surface area (Å²) in [6.07, 6.45) is 5.40. The van der Waals surface area contributed by atoms with Crippen LogP contribution in [0.5, 0.6) is 0 Å². The van der Waals surface area contributed by atoms with Crippen molar-refractivity contribution in [2.24, 2.45) is 0 Å². The highest BCUT2D eigenvalue weighted by molar-refractivity contribution is 5.79. The van der Waals surface area contributed by atoms with Crippen LogP contribution >= 0.6 is 0 Å². The standard InChI is InChI=1S/C8H13NO2.C2H6/c1-9(7-4-5-7)6-2-3-8(10)11;1-2/h2-3,7H,4-6H2,1H3,(H,10,11);1-2H3/b3-2+;. The third-order valence-electron chi connectivity index (χ3n) is 1.82. The first-order valence-electron chi connectivity index (χ1n) is 4.80. The maximum atomic E-state index is 10.1. The molecule has 0 amide bonds. The maximum absolute atomic E-state index is 10.1. The van der Waals surface area contributed by atoms with Gasteiger partial charge >= 0.3 is 5.97 Å².